The smallest absolute Gasteiger partial charge is 0.222 e. The van der Waals surface area contributed by atoms with Gasteiger partial charge in [-0.2, -0.15) is 0 Å². The Hall–Kier alpha value is -0.610. The van der Waals surface area contributed by atoms with Crippen LogP contribution in [0.15, 0.2) is 0 Å². The summed E-state index contributed by atoms with van der Waals surface area (Å²) in [6, 6.07) is 0.102. The Bertz CT molecular complexity index is 201. The molecule has 2 N–H and O–H groups in total. The van der Waals surface area contributed by atoms with Gasteiger partial charge in [-0.05, 0) is 26.2 Å². The molecule has 1 aliphatic rings. The molecule has 1 saturated heterocycles. The van der Waals surface area contributed by atoms with Gasteiger partial charge in [0, 0.05) is 32.7 Å². The number of nitrogens with zero attached hydrogens (tertiary/aromatic N) is 1. The van der Waals surface area contributed by atoms with Crippen LogP contribution in [0.1, 0.15) is 32.6 Å². The topological polar surface area (TPSA) is 55.6 Å². The number of carbonyl (C=O) groups excluding carboxylic acids is 1. The van der Waals surface area contributed by atoms with E-state index in [2.05, 4.69) is 0 Å². The molecule has 0 aromatic heterocycles. The molecule has 0 saturated carbocycles. The zero-order valence-corrected chi connectivity index (χ0v) is 9.74. The van der Waals surface area contributed by atoms with E-state index >= 15 is 0 Å². The second kappa shape index (κ2) is 6.08. The fourth-order valence-corrected chi connectivity index (χ4v) is 1.74. The van der Waals surface area contributed by atoms with Crippen molar-refractivity contribution in [3.8, 4) is 0 Å². The van der Waals surface area contributed by atoms with E-state index in [1.807, 2.05) is 14.0 Å². The number of rotatable bonds is 5. The van der Waals surface area contributed by atoms with Gasteiger partial charge in [0.05, 0.1) is 6.10 Å². The third kappa shape index (κ3) is 4.62. The minimum Gasteiger partial charge on any atom is -0.376 e. The third-order valence-corrected chi connectivity index (χ3v) is 2.74. The molecule has 4 nitrogen and oxygen atoms in total. The molecule has 88 valence electrons. The Balaban J connectivity index is 2.19. The Labute approximate surface area is 91.8 Å². The molecule has 0 aliphatic carbocycles. The molecular weight excluding hydrogens is 192 g/mol. The van der Waals surface area contributed by atoms with Crippen molar-refractivity contribution in [2.24, 2.45) is 5.73 Å². The van der Waals surface area contributed by atoms with Crippen LogP contribution in [0.4, 0.5) is 0 Å². The highest BCUT2D eigenvalue weighted by molar-refractivity contribution is 5.75. The van der Waals surface area contributed by atoms with E-state index in [1.54, 1.807) is 4.90 Å². The number of carbonyl (C=O) groups is 1. The van der Waals surface area contributed by atoms with Crippen molar-refractivity contribution in [3.63, 3.8) is 0 Å². The molecule has 0 aromatic rings. The van der Waals surface area contributed by atoms with Crippen LogP contribution in [0.5, 0.6) is 0 Å². The average molecular weight is 214 g/mol. The molecular formula is C11H22N2O2. The molecule has 15 heavy (non-hydrogen) atoms. The van der Waals surface area contributed by atoms with Crippen molar-refractivity contribution in [2.75, 3.05) is 20.2 Å². The van der Waals surface area contributed by atoms with E-state index in [-0.39, 0.29) is 18.1 Å². The lowest BCUT2D eigenvalue weighted by atomic mass is 10.1. The summed E-state index contributed by atoms with van der Waals surface area (Å²) in [5.74, 6) is 0.169. The fraction of sp³-hybridized carbons (Fsp3) is 0.909. The lowest BCUT2D eigenvalue weighted by Gasteiger charge is -2.21. The minimum atomic E-state index is 0.102. The second-order valence-corrected chi connectivity index (χ2v) is 4.43. The van der Waals surface area contributed by atoms with Crippen LogP contribution in [0.25, 0.3) is 0 Å². The van der Waals surface area contributed by atoms with E-state index in [4.69, 9.17) is 10.5 Å². The standard InChI is InChI=1S/C11H22N2O2/c1-9(12)5-6-11(14)13(2)8-10-4-3-7-15-10/h9-10H,3-8,12H2,1-2H3. The molecule has 2 atom stereocenters. The molecule has 1 heterocycles. The van der Waals surface area contributed by atoms with Crippen LogP contribution in [-0.2, 0) is 9.53 Å². The normalized spacial score (nSPS) is 22.7. The largest absolute Gasteiger partial charge is 0.376 e. The Morgan fingerprint density at radius 2 is 2.40 bits per heavy atom. The van der Waals surface area contributed by atoms with Crippen molar-refractivity contribution >= 4 is 5.91 Å². The van der Waals surface area contributed by atoms with Crippen molar-refractivity contribution in [1.82, 2.24) is 4.90 Å². The van der Waals surface area contributed by atoms with Crippen LogP contribution in [0, 0.1) is 0 Å². The SMILES string of the molecule is CC(N)CCC(=O)N(C)CC1CCCO1. The summed E-state index contributed by atoms with van der Waals surface area (Å²) in [6.07, 6.45) is 3.74. The first kappa shape index (κ1) is 12.5. The van der Waals surface area contributed by atoms with Crippen molar-refractivity contribution in [1.29, 1.82) is 0 Å². The number of hydrogen-bond donors (Lipinski definition) is 1. The predicted octanol–water partition coefficient (Wildman–Crippen LogP) is 0.751. The Morgan fingerprint density at radius 3 is 2.93 bits per heavy atom. The van der Waals surface area contributed by atoms with Crippen LogP contribution in [0.3, 0.4) is 0 Å². The predicted molar refractivity (Wildman–Crippen MR) is 59.5 cm³/mol. The molecule has 1 amide bonds. The molecule has 0 aromatic carbocycles. The first-order valence-electron chi connectivity index (χ1n) is 5.70. The maximum atomic E-state index is 11.7. The molecule has 0 radical (unpaired) electrons. The maximum absolute atomic E-state index is 11.7. The van der Waals surface area contributed by atoms with E-state index in [1.165, 1.54) is 0 Å². The summed E-state index contributed by atoms with van der Waals surface area (Å²) < 4.78 is 5.48. The monoisotopic (exact) mass is 214 g/mol. The zero-order valence-electron chi connectivity index (χ0n) is 9.74. The minimum absolute atomic E-state index is 0.102. The summed E-state index contributed by atoms with van der Waals surface area (Å²) in [7, 11) is 1.84. The summed E-state index contributed by atoms with van der Waals surface area (Å²) in [4.78, 5) is 13.4. The first-order valence-corrected chi connectivity index (χ1v) is 5.70. The summed E-state index contributed by atoms with van der Waals surface area (Å²) in [5.41, 5.74) is 5.61. The van der Waals surface area contributed by atoms with E-state index < -0.39 is 0 Å². The van der Waals surface area contributed by atoms with Gasteiger partial charge in [0.2, 0.25) is 5.91 Å². The van der Waals surface area contributed by atoms with Gasteiger partial charge in [0.15, 0.2) is 0 Å². The number of ether oxygens (including phenoxy) is 1. The summed E-state index contributed by atoms with van der Waals surface area (Å²) >= 11 is 0. The van der Waals surface area contributed by atoms with Crippen LogP contribution in [0.2, 0.25) is 0 Å². The molecule has 0 spiro atoms. The van der Waals surface area contributed by atoms with Gasteiger partial charge in [0.25, 0.3) is 0 Å². The van der Waals surface area contributed by atoms with Gasteiger partial charge in [-0.1, -0.05) is 0 Å². The fourth-order valence-electron chi connectivity index (χ4n) is 1.74. The highest BCUT2D eigenvalue weighted by Gasteiger charge is 2.19. The molecule has 0 bridgehead atoms. The Morgan fingerprint density at radius 1 is 1.67 bits per heavy atom. The van der Waals surface area contributed by atoms with Gasteiger partial charge in [-0.3, -0.25) is 4.79 Å². The second-order valence-electron chi connectivity index (χ2n) is 4.43. The zero-order chi connectivity index (χ0) is 11.3. The van der Waals surface area contributed by atoms with Gasteiger partial charge >= 0.3 is 0 Å². The van der Waals surface area contributed by atoms with Gasteiger partial charge < -0.3 is 15.4 Å². The summed E-state index contributed by atoms with van der Waals surface area (Å²) in [5, 5.41) is 0. The van der Waals surface area contributed by atoms with Crippen LogP contribution < -0.4 is 5.73 Å². The lowest BCUT2D eigenvalue weighted by molar-refractivity contribution is -0.131. The molecule has 2 unspecified atom stereocenters. The summed E-state index contributed by atoms with van der Waals surface area (Å²) in [6.45, 7) is 3.48. The van der Waals surface area contributed by atoms with E-state index in [0.29, 0.717) is 6.42 Å². The lowest BCUT2D eigenvalue weighted by Crippen LogP contribution is -2.34. The van der Waals surface area contributed by atoms with E-state index in [9.17, 15) is 4.79 Å². The molecule has 1 fully saturated rings. The van der Waals surface area contributed by atoms with Gasteiger partial charge in [-0.25, -0.2) is 0 Å². The quantitative estimate of drug-likeness (QED) is 0.735. The third-order valence-electron chi connectivity index (χ3n) is 2.74. The van der Waals surface area contributed by atoms with Crippen molar-refractivity contribution in [2.45, 2.75) is 44.8 Å². The average Bonchev–Trinajstić information content (AvgIpc) is 2.66. The van der Waals surface area contributed by atoms with Gasteiger partial charge in [-0.15, -0.1) is 0 Å². The van der Waals surface area contributed by atoms with Crippen LogP contribution in [-0.4, -0.2) is 43.2 Å². The number of likely N-dealkylation sites (N-methyl/N-ethyl adjacent to an activating group) is 1. The molecule has 1 rings (SSSR count). The van der Waals surface area contributed by atoms with Gasteiger partial charge in [0.1, 0.15) is 0 Å². The number of nitrogens with two attached hydrogens (primary N) is 1. The van der Waals surface area contributed by atoms with Crippen molar-refractivity contribution < 1.29 is 9.53 Å². The van der Waals surface area contributed by atoms with Crippen molar-refractivity contribution in [3.05, 3.63) is 0 Å². The maximum Gasteiger partial charge on any atom is 0.222 e. The highest BCUT2D eigenvalue weighted by Crippen LogP contribution is 2.13. The van der Waals surface area contributed by atoms with Crippen LogP contribution >= 0.6 is 0 Å². The molecule has 1 aliphatic heterocycles. The molecule has 4 heteroatoms. The van der Waals surface area contributed by atoms with E-state index in [0.717, 1.165) is 32.4 Å². The number of hydrogen-bond acceptors (Lipinski definition) is 3. The Kier molecular flexibility index (Phi) is 5.05. The number of amides is 1. The first-order chi connectivity index (χ1) is 7.09. The highest BCUT2D eigenvalue weighted by atomic mass is 16.5.